The summed E-state index contributed by atoms with van der Waals surface area (Å²) in [6.45, 7) is 2.56. The van der Waals surface area contributed by atoms with Crippen LogP contribution in [0.25, 0.3) is 0 Å². The maximum atomic E-state index is 12.3. The standard InChI is InChI=1S/C16H23NO4/c1-3-21-14-8-7-11(9-15(14)20-2)16(19)17-13-6-4-5-12(13)10-18/h7-9,12-13,18H,3-6,10H2,1-2H3,(H,17,19). The molecule has 1 fully saturated rings. The highest BCUT2D eigenvalue weighted by Gasteiger charge is 2.28. The lowest BCUT2D eigenvalue weighted by atomic mass is 10.0. The molecule has 116 valence electrons. The maximum Gasteiger partial charge on any atom is 0.251 e. The predicted octanol–water partition coefficient (Wildman–Crippen LogP) is 1.98. The fraction of sp³-hybridized carbons (Fsp3) is 0.562. The van der Waals surface area contributed by atoms with Crippen LogP contribution in [-0.4, -0.2) is 37.4 Å². The fourth-order valence-electron chi connectivity index (χ4n) is 2.78. The normalized spacial score (nSPS) is 21.1. The van der Waals surface area contributed by atoms with Crippen LogP contribution in [0.2, 0.25) is 0 Å². The van der Waals surface area contributed by atoms with Crippen molar-refractivity contribution < 1.29 is 19.4 Å². The van der Waals surface area contributed by atoms with E-state index >= 15 is 0 Å². The summed E-state index contributed by atoms with van der Waals surface area (Å²) >= 11 is 0. The van der Waals surface area contributed by atoms with Crippen molar-refractivity contribution in [3.8, 4) is 11.5 Å². The van der Waals surface area contributed by atoms with Gasteiger partial charge in [0, 0.05) is 24.1 Å². The quantitative estimate of drug-likeness (QED) is 0.841. The van der Waals surface area contributed by atoms with Crippen molar-refractivity contribution in [3.63, 3.8) is 0 Å². The molecule has 0 aromatic heterocycles. The number of benzene rings is 1. The number of rotatable bonds is 6. The summed E-state index contributed by atoms with van der Waals surface area (Å²) in [7, 11) is 1.55. The molecule has 1 aromatic carbocycles. The molecule has 0 spiro atoms. The maximum absolute atomic E-state index is 12.3. The van der Waals surface area contributed by atoms with E-state index in [1.807, 2.05) is 6.92 Å². The van der Waals surface area contributed by atoms with Crippen molar-refractivity contribution in [2.45, 2.75) is 32.2 Å². The van der Waals surface area contributed by atoms with Gasteiger partial charge < -0.3 is 19.9 Å². The SMILES string of the molecule is CCOc1ccc(C(=O)NC2CCCC2CO)cc1OC. The molecule has 0 aliphatic heterocycles. The minimum absolute atomic E-state index is 0.0556. The van der Waals surface area contributed by atoms with E-state index < -0.39 is 0 Å². The highest BCUT2D eigenvalue weighted by atomic mass is 16.5. The van der Waals surface area contributed by atoms with Crippen molar-refractivity contribution >= 4 is 5.91 Å². The second-order valence-corrected chi connectivity index (χ2v) is 5.25. The number of hydrogen-bond donors (Lipinski definition) is 2. The number of ether oxygens (including phenoxy) is 2. The van der Waals surface area contributed by atoms with Crippen LogP contribution in [0.1, 0.15) is 36.5 Å². The molecule has 0 radical (unpaired) electrons. The first kappa shape index (κ1) is 15.6. The largest absolute Gasteiger partial charge is 0.493 e. The molecular formula is C16H23NO4. The van der Waals surface area contributed by atoms with Gasteiger partial charge in [-0.15, -0.1) is 0 Å². The molecule has 5 nitrogen and oxygen atoms in total. The summed E-state index contributed by atoms with van der Waals surface area (Å²) in [5, 5.41) is 12.3. The molecule has 21 heavy (non-hydrogen) atoms. The zero-order valence-corrected chi connectivity index (χ0v) is 12.6. The Morgan fingerprint density at radius 2 is 2.19 bits per heavy atom. The van der Waals surface area contributed by atoms with E-state index in [4.69, 9.17) is 9.47 Å². The number of nitrogens with one attached hydrogen (secondary N) is 1. The summed E-state index contributed by atoms with van der Waals surface area (Å²) < 4.78 is 10.7. The van der Waals surface area contributed by atoms with Crippen LogP contribution in [-0.2, 0) is 0 Å². The summed E-state index contributed by atoms with van der Waals surface area (Å²) in [5.41, 5.74) is 0.541. The molecule has 2 atom stereocenters. The Morgan fingerprint density at radius 3 is 2.86 bits per heavy atom. The number of methoxy groups -OCH3 is 1. The van der Waals surface area contributed by atoms with Gasteiger partial charge in [-0.3, -0.25) is 4.79 Å². The first-order chi connectivity index (χ1) is 10.2. The van der Waals surface area contributed by atoms with Gasteiger partial charge in [0.25, 0.3) is 5.91 Å². The third kappa shape index (κ3) is 3.67. The molecule has 1 saturated carbocycles. The fourth-order valence-corrected chi connectivity index (χ4v) is 2.78. The molecule has 5 heteroatoms. The molecule has 1 aliphatic rings. The van der Waals surface area contributed by atoms with E-state index in [0.717, 1.165) is 19.3 Å². The molecule has 2 rings (SSSR count). The minimum atomic E-state index is -0.137. The zero-order valence-electron chi connectivity index (χ0n) is 12.6. The van der Waals surface area contributed by atoms with E-state index in [1.54, 1.807) is 25.3 Å². The average Bonchev–Trinajstić information content (AvgIpc) is 2.95. The highest BCUT2D eigenvalue weighted by molar-refractivity contribution is 5.95. The van der Waals surface area contributed by atoms with Crippen LogP contribution in [0.5, 0.6) is 11.5 Å². The van der Waals surface area contributed by atoms with Crippen LogP contribution < -0.4 is 14.8 Å². The third-order valence-corrected chi connectivity index (χ3v) is 3.94. The molecule has 0 saturated heterocycles. The Morgan fingerprint density at radius 1 is 1.38 bits per heavy atom. The van der Waals surface area contributed by atoms with E-state index in [1.165, 1.54) is 0 Å². The number of carbonyl (C=O) groups excluding carboxylic acids is 1. The second kappa shape index (κ2) is 7.31. The monoisotopic (exact) mass is 293 g/mol. The van der Waals surface area contributed by atoms with Gasteiger partial charge in [-0.25, -0.2) is 0 Å². The molecule has 0 heterocycles. The summed E-state index contributed by atoms with van der Waals surface area (Å²) in [6, 6.07) is 5.21. The Kier molecular flexibility index (Phi) is 5.44. The molecule has 1 aromatic rings. The molecule has 1 amide bonds. The zero-order chi connectivity index (χ0) is 15.2. The van der Waals surface area contributed by atoms with Crippen molar-refractivity contribution in [2.75, 3.05) is 20.3 Å². The van der Waals surface area contributed by atoms with Gasteiger partial charge >= 0.3 is 0 Å². The van der Waals surface area contributed by atoms with Gasteiger partial charge in [-0.2, -0.15) is 0 Å². The van der Waals surface area contributed by atoms with Crippen LogP contribution >= 0.6 is 0 Å². The summed E-state index contributed by atoms with van der Waals surface area (Å²) in [6.07, 6.45) is 2.93. The topological polar surface area (TPSA) is 67.8 Å². The smallest absolute Gasteiger partial charge is 0.251 e. The van der Waals surface area contributed by atoms with Gasteiger partial charge in [-0.05, 0) is 38.0 Å². The van der Waals surface area contributed by atoms with Gasteiger partial charge in [0.05, 0.1) is 13.7 Å². The lowest BCUT2D eigenvalue weighted by Gasteiger charge is -2.19. The molecule has 2 unspecified atom stereocenters. The van der Waals surface area contributed by atoms with Crippen LogP contribution in [0.15, 0.2) is 18.2 Å². The second-order valence-electron chi connectivity index (χ2n) is 5.25. The number of aliphatic hydroxyl groups is 1. The minimum Gasteiger partial charge on any atom is -0.493 e. The Bertz CT molecular complexity index is 489. The van der Waals surface area contributed by atoms with Crippen molar-refractivity contribution in [3.05, 3.63) is 23.8 Å². The van der Waals surface area contributed by atoms with Crippen molar-refractivity contribution in [1.29, 1.82) is 0 Å². The van der Waals surface area contributed by atoms with Crippen molar-refractivity contribution in [2.24, 2.45) is 5.92 Å². The Labute approximate surface area is 125 Å². The molecule has 0 bridgehead atoms. The van der Waals surface area contributed by atoms with E-state index in [9.17, 15) is 9.90 Å². The van der Waals surface area contributed by atoms with Gasteiger partial charge in [-0.1, -0.05) is 6.42 Å². The number of hydrogen-bond acceptors (Lipinski definition) is 4. The number of carbonyl (C=O) groups is 1. The average molecular weight is 293 g/mol. The molecule has 1 aliphatic carbocycles. The van der Waals surface area contributed by atoms with Gasteiger partial charge in [0.1, 0.15) is 0 Å². The van der Waals surface area contributed by atoms with Gasteiger partial charge in [0.15, 0.2) is 11.5 Å². The lowest BCUT2D eigenvalue weighted by molar-refractivity contribution is 0.0915. The Hall–Kier alpha value is -1.75. The van der Waals surface area contributed by atoms with Crippen LogP contribution in [0.4, 0.5) is 0 Å². The lowest BCUT2D eigenvalue weighted by Crippen LogP contribution is -2.38. The van der Waals surface area contributed by atoms with Crippen LogP contribution in [0.3, 0.4) is 0 Å². The van der Waals surface area contributed by atoms with Crippen LogP contribution in [0, 0.1) is 5.92 Å². The number of amides is 1. The predicted molar refractivity (Wildman–Crippen MR) is 79.8 cm³/mol. The van der Waals surface area contributed by atoms with E-state index in [-0.39, 0.29) is 24.5 Å². The molecule has 2 N–H and O–H groups in total. The van der Waals surface area contributed by atoms with E-state index in [2.05, 4.69) is 5.32 Å². The summed E-state index contributed by atoms with van der Waals surface area (Å²) in [4.78, 5) is 12.3. The van der Waals surface area contributed by atoms with Crippen molar-refractivity contribution in [1.82, 2.24) is 5.32 Å². The van der Waals surface area contributed by atoms with E-state index in [0.29, 0.717) is 23.7 Å². The Balaban J connectivity index is 2.08. The first-order valence-electron chi connectivity index (χ1n) is 7.42. The van der Waals surface area contributed by atoms with Gasteiger partial charge in [0.2, 0.25) is 0 Å². The summed E-state index contributed by atoms with van der Waals surface area (Å²) in [5.74, 6) is 1.21. The highest BCUT2D eigenvalue weighted by Crippen LogP contribution is 2.29. The molecular weight excluding hydrogens is 270 g/mol. The number of aliphatic hydroxyl groups excluding tert-OH is 1. The first-order valence-corrected chi connectivity index (χ1v) is 7.42. The third-order valence-electron chi connectivity index (χ3n) is 3.94.